The zero-order valence-corrected chi connectivity index (χ0v) is 17.8. The molecule has 2 atom stereocenters. The van der Waals surface area contributed by atoms with Crippen LogP contribution in [0.1, 0.15) is 29.0 Å². The van der Waals surface area contributed by atoms with Crippen molar-refractivity contribution >= 4 is 17.3 Å². The lowest BCUT2D eigenvalue weighted by atomic mass is 10.0. The highest BCUT2D eigenvalue weighted by Gasteiger charge is 2.43. The molecule has 0 spiro atoms. The second-order valence-electron chi connectivity index (χ2n) is 7.67. The Hall–Kier alpha value is -3.18. The lowest BCUT2D eigenvalue weighted by Gasteiger charge is -2.09. The van der Waals surface area contributed by atoms with Gasteiger partial charge in [-0.3, -0.25) is 0 Å². The van der Waals surface area contributed by atoms with E-state index < -0.39 is 0 Å². The van der Waals surface area contributed by atoms with Crippen molar-refractivity contribution in [3.05, 3.63) is 88.4 Å². The van der Waals surface area contributed by atoms with E-state index in [-0.39, 0.29) is 12.7 Å². The van der Waals surface area contributed by atoms with Crippen molar-refractivity contribution in [2.75, 3.05) is 13.9 Å². The number of benzene rings is 3. The Labute approximate surface area is 186 Å². The first-order valence-corrected chi connectivity index (χ1v) is 10.6. The number of ether oxygens (including phenoxy) is 3. The molecule has 5 rings (SSSR count). The van der Waals surface area contributed by atoms with Crippen molar-refractivity contribution in [2.45, 2.75) is 18.9 Å². The minimum absolute atomic E-state index is 0.277. The van der Waals surface area contributed by atoms with Gasteiger partial charge in [0, 0.05) is 10.9 Å². The van der Waals surface area contributed by atoms with Gasteiger partial charge in [0.05, 0.1) is 12.8 Å². The molecule has 158 valence electrons. The Morgan fingerprint density at radius 2 is 1.77 bits per heavy atom. The van der Waals surface area contributed by atoms with Gasteiger partial charge in [-0.1, -0.05) is 35.0 Å². The van der Waals surface area contributed by atoms with E-state index in [4.69, 9.17) is 30.6 Å². The van der Waals surface area contributed by atoms with Gasteiger partial charge >= 0.3 is 0 Å². The zero-order chi connectivity index (χ0) is 21.2. The topological polar surface area (TPSA) is 49.3 Å². The predicted octanol–water partition coefficient (Wildman–Crippen LogP) is 5.80. The summed E-state index contributed by atoms with van der Waals surface area (Å²) >= 11 is 5.96. The summed E-state index contributed by atoms with van der Waals surface area (Å²) in [5, 5.41) is 5.27. The van der Waals surface area contributed by atoms with Crippen LogP contribution in [0.3, 0.4) is 0 Å². The van der Waals surface area contributed by atoms with E-state index in [1.807, 2.05) is 54.6 Å². The van der Waals surface area contributed by atoms with Gasteiger partial charge < -0.3 is 19.0 Å². The van der Waals surface area contributed by atoms with Gasteiger partial charge in [-0.15, -0.1) is 0 Å². The third-order valence-electron chi connectivity index (χ3n) is 5.66. The predicted molar refractivity (Wildman–Crippen MR) is 119 cm³/mol. The standard InChI is InChI=1S/C25H22ClNO4/c1-28-20-9-4-17(5-10-20)25(27-31-14-16-2-7-19(26)8-3-16)22-13-21(22)18-6-11-23-24(12-18)30-15-29-23/h2-12,21-22H,13-15H2,1H3/b27-25-/t21-,22-/m1/s1. The van der Waals surface area contributed by atoms with Crippen molar-refractivity contribution in [3.63, 3.8) is 0 Å². The molecule has 0 amide bonds. The maximum Gasteiger partial charge on any atom is 0.231 e. The fraction of sp³-hybridized carbons (Fsp3) is 0.240. The van der Waals surface area contributed by atoms with E-state index in [1.54, 1.807) is 7.11 Å². The van der Waals surface area contributed by atoms with Crippen LogP contribution < -0.4 is 14.2 Å². The summed E-state index contributed by atoms with van der Waals surface area (Å²) in [6, 6.07) is 21.7. The third kappa shape index (κ3) is 4.32. The van der Waals surface area contributed by atoms with Gasteiger partial charge in [0.15, 0.2) is 11.5 Å². The maximum atomic E-state index is 5.96. The molecule has 2 aliphatic rings. The first kappa shape index (κ1) is 19.8. The van der Waals surface area contributed by atoms with Crippen molar-refractivity contribution in [1.82, 2.24) is 0 Å². The highest BCUT2D eigenvalue weighted by atomic mass is 35.5. The van der Waals surface area contributed by atoms with E-state index in [2.05, 4.69) is 17.3 Å². The molecule has 5 nitrogen and oxygen atoms in total. The first-order chi connectivity index (χ1) is 15.2. The van der Waals surface area contributed by atoms with Gasteiger partial charge in [-0.05, 0) is 77.6 Å². The molecular weight excluding hydrogens is 414 g/mol. The smallest absolute Gasteiger partial charge is 0.231 e. The lowest BCUT2D eigenvalue weighted by molar-refractivity contribution is 0.130. The number of fused-ring (bicyclic) bond motifs is 1. The molecule has 0 bridgehead atoms. The van der Waals surface area contributed by atoms with Gasteiger partial charge in [0.2, 0.25) is 6.79 Å². The molecule has 1 fully saturated rings. The molecule has 1 aliphatic heterocycles. The van der Waals surface area contributed by atoms with E-state index in [9.17, 15) is 0 Å². The number of hydrogen-bond donors (Lipinski definition) is 0. The summed E-state index contributed by atoms with van der Waals surface area (Å²) in [4.78, 5) is 5.76. The number of oxime groups is 1. The van der Waals surface area contributed by atoms with Crippen LogP contribution in [0.5, 0.6) is 17.2 Å². The Kier molecular flexibility index (Phi) is 5.43. The number of halogens is 1. The Bertz CT molecular complexity index is 1100. The van der Waals surface area contributed by atoms with Crippen molar-refractivity contribution < 1.29 is 19.0 Å². The van der Waals surface area contributed by atoms with E-state index in [0.717, 1.165) is 40.5 Å². The molecule has 0 radical (unpaired) electrons. The summed E-state index contributed by atoms with van der Waals surface area (Å²) in [7, 11) is 1.66. The van der Waals surface area contributed by atoms with Crippen LogP contribution >= 0.6 is 11.6 Å². The molecule has 1 heterocycles. The second kappa shape index (κ2) is 8.52. The molecule has 0 N–H and O–H groups in total. The van der Waals surface area contributed by atoms with E-state index in [1.165, 1.54) is 5.56 Å². The largest absolute Gasteiger partial charge is 0.497 e. The van der Waals surface area contributed by atoms with E-state index in [0.29, 0.717) is 17.5 Å². The van der Waals surface area contributed by atoms with Gasteiger partial charge in [-0.2, -0.15) is 0 Å². The fourth-order valence-corrected chi connectivity index (χ4v) is 3.99. The SMILES string of the molecule is COc1ccc(/C(=N/OCc2ccc(Cl)cc2)[C@@H]2C[C@@H]2c2ccc3c(c2)OCO3)cc1. The van der Waals surface area contributed by atoms with Gasteiger partial charge in [-0.25, -0.2) is 0 Å². The molecule has 1 aliphatic carbocycles. The number of nitrogens with zero attached hydrogens (tertiary/aromatic N) is 1. The number of methoxy groups -OCH3 is 1. The average Bonchev–Trinajstić information content (AvgIpc) is 3.45. The maximum absolute atomic E-state index is 5.96. The van der Waals surface area contributed by atoms with E-state index >= 15 is 0 Å². The first-order valence-electron chi connectivity index (χ1n) is 10.2. The molecule has 3 aromatic rings. The van der Waals surface area contributed by atoms with Crippen molar-refractivity contribution in [2.24, 2.45) is 11.1 Å². The van der Waals surface area contributed by atoms with Crippen LogP contribution in [0.15, 0.2) is 71.9 Å². The molecule has 6 heteroatoms. The van der Waals surface area contributed by atoms with Crippen LogP contribution in [0.25, 0.3) is 0 Å². The highest BCUT2D eigenvalue weighted by Crippen LogP contribution is 2.51. The summed E-state index contributed by atoms with van der Waals surface area (Å²) in [5.41, 5.74) is 4.22. The molecule has 1 saturated carbocycles. The quantitative estimate of drug-likeness (QED) is 0.347. The van der Waals surface area contributed by atoms with Gasteiger partial charge in [0.25, 0.3) is 0 Å². The molecular formula is C25H22ClNO4. The Morgan fingerprint density at radius 3 is 2.55 bits per heavy atom. The summed E-state index contributed by atoms with van der Waals surface area (Å²) in [5.74, 6) is 3.07. The molecule has 0 unspecified atom stereocenters. The third-order valence-corrected chi connectivity index (χ3v) is 5.91. The number of rotatable bonds is 7. The van der Waals surface area contributed by atoms with Crippen molar-refractivity contribution in [3.8, 4) is 17.2 Å². The van der Waals surface area contributed by atoms with Crippen LogP contribution in [0.4, 0.5) is 0 Å². The summed E-state index contributed by atoms with van der Waals surface area (Å²) in [6.07, 6.45) is 1.01. The normalized spacial score (nSPS) is 19.2. The summed E-state index contributed by atoms with van der Waals surface area (Å²) in [6.45, 7) is 0.669. The molecule has 31 heavy (non-hydrogen) atoms. The molecule has 0 saturated heterocycles. The number of hydrogen-bond acceptors (Lipinski definition) is 5. The molecule has 0 aromatic heterocycles. The van der Waals surface area contributed by atoms with Crippen LogP contribution in [0, 0.1) is 5.92 Å². The monoisotopic (exact) mass is 435 g/mol. The van der Waals surface area contributed by atoms with Crippen LogP contribution in [0.2, 0.25) is 5.02 Å². The second-order valence-corrected chi connectivity index (χ2v) is 8.10. The van der Waals surface area contributed by atoms with Crippen molar-refractivity contribution in [1.29, 1.82) is 0 Å². The highest BCUT2D eigenvalue weighted by molar-refractivity contribution is 6.30. The Morgan fingerprint density at radius 1 is 1.00 bits per heavy atom. The minimum Gasteiger partial charge on any atom is -0.497 e. The lowest BCUT2D eigenvalue weighted by Crippen LogP contribution is -2.07. The van der Waals surface area contributed by atoms with Crippen LogP contribution in [-0.4, -0.2) is 19.6 Å². The Balaban J connectivity index is 1.36. The molecule has 3 aromatic carbocycles. The van der Waals surface area contributed by atoms with Crippen LogP contribution in [-0.2, 0) is 11.4 Å². The summed E-state index contributed by atoms with van der Waals surface area (Å²) < 4.78 is 16.3. The fourth-order valence-electron chi connectivity index (χ4n) is 3.86. The zero-order valence-electron chi connectivity index (χ0n) is 17.1. The minimum atomic E-state index is 0.277. The average molecular weight is 436 g/mol. The van der Waals surface area contributed by atoms with Gasteiger partial charge in [0.1, 0.15) is 12.4 Å².